The predicted octanol–water partition coefficient (Wildman–Crippen LogP) is 2.83. The van der Waals surface area contributed by atoms with E-state index in [0.29, 0.717) is 28.4 Å². The number of aromatic nitrogens is 2. The van der Waals surface area contributed by atoms with E-state index < -0.39 is 0 Å². The summed E-state index contributed by atoms with van der Waals surface area (Å²) in [7, 11) is 1.58. The number of carbonyl (C=O) groups excluding carboxylic acids is 1. The largest absolute Gasteiger partial charge is 0.484 e. The Morgan fingerprint density at radius 2 is 2.18 bits per heavy atom. The van der Waals surface area contributed by atoms with Crippen molar-refractivity contribution in [3.05, 3.63) is 34.8 Å². The third kappa shape index (κ3) is 4.78. The van der Waals surface area contributed by atoms with Crippen molar-refractivity contribution in [2.45, 2.75) is 26.4 Å². The van der Waals surface area contributed by atoms with Crippen LogP contribution in [-0.4, -0.2) is 29.8 Å². The molecule has 1 N–H and O–H groups in total. The van der Waals surface area contributed by atoms with Gasteiger partial charge in [-0.3, -0.25) is 10.1 Å². The van der Waals surface area contributed by atoms with E-state index in [2.05, 4.69) is 29.4 Å². The Morgan fingerprint density at radius 1 is 1.36 bits per heavy atom. The van der Waals surface area contributed by atoms with Gasteiger partial charge in [0.15, 0.2) is 6.61 Å². The Hall–Kier alpha value is -1.99. The molecule has 7 heteroatoms. The lowest BCUT2D eigenvalue weighted by atomic mass is 10.0. The Labute approximate surface area is 133 Å². The minimum absolute atomic E-state index is 0.0687. The molecule has 2 aromatic rings. The van der Waals surface area contributed by atoms with Crippen LogP contribution in [0.4, 0.5) is 5.13 Å². The first-order valence-electron chi connectivity index (χ1n) is 6.92. The number of benzene rings is 1. The number of hydrogen-bond donors (Lipinski definition) is 1. The zero-order valence-corrected chi connectivity index (χ0v) is 13.6. The molecule has 2 rings (SSSR count). The molecule has 0 atom stereocenters. The Balaban J connectivity index is 1.85. The monoisotopic (exact) mass is 321 g/mol. The van der Waals surface area contributed by atoms with Crippen molar-refractivity contribution in [3.8, 4) is 5.75 Å². The van der Waals surface area contributed by atoms with E-state index in [-0.39, 0.29) is 12.5 Å². The maximum atomic E-state index is 11.8. The van der Waals surface area contributed by atoms with Crippen LogP contribution in [0.25, 0.3) is 0 Å². The molecule has 0 unspecified atom stereocenters. The Kier molecular flexibility index (Phi) is 5.85. The molecule has 0 saturated heterocycles. The van der Waals surface area contributed by atoms with Gasteiger partial charge in [-0.1, -0.05) is 37.3 Å². The zero-order chi connectivity index (χ0) is 15.9. The number of hydrogen-bond acceptors (Lipinski definition) is 6. The molecule has 1 heterocycles. The molecule has 1 amide bonds. The lowest BCUT2D eigenvalue weighted by Crippen LogP contribution is -2.20. The van der Waals surface area contributed by atoms with E-state index in [0.717, 1.165) is 0 Å². The number of ether oxygens (including phenoxy) is 2. The SMILES string of the molecule is COCc1nnc(NC(=O)COc2cccc(C(C)C)c2)s1. The van der Waals surface area contributed by atoms with Crippen molar-refractivity contribution >= 4 is 22.4 Å². The van der Waals surface area contributed by atoms with Gasteiger partial charge in [0.25, 0.3) is 5.91 Å². The van der Waals surface area contributed by atoms with Gasteiger partial charge in [0.05, 0.1) is 0 Å². The van der Waals surface area contributed by atoms with Gasteiger partial charge in [0.2, 0.25) is 5.13 Å². The van der Waals surface area contributed by atoms with Crippen molar-refractivity contribution in [1.82, 2.24) is 10.2 Å². The molecule has 118 valence electrons. The summed E-state index contributed by atoms with van der Waals surface area (Å²) >= 11 is 1.28. The smallest absolute Gasteiger partial charge is 0.264 e. The standard InChI is InChI=1S/C15H19N3O3S/c1-10(2)11-5-4-6-12(7-11)21-8-13(19)16-15-18-17-14(22-15)9-20-3/h4-7,10H,8-9H2,1-3H3,(H,16,18,19). The molecule has 0 saturated carbocycles. The predicted molar refractivity (Wildman–Crippen MR) is 85.3 cm³/mol. The molecular formula is C15H19N3O3S. The summed E-state index contributed by atoms with van der Waals surface area (Å²) in [6.45, 7) is 4.53. The minimum Gasteiger partial charge on any atom is -0.484 e. The number of nitrogens with one attached hydrogen (secondary N) is 1. The maximum absolute atomic E-state index is 11.8. The lowest BCUT2D eigenvalue weighted by Gasteiger charge is -2.09. The molecule has 0 fully saturated rings. The fourth-order valence-corrected chi connectivity index (χ4v) is 2.48. The average molecular weight is 321 g/mol. The summed E-state index contributed by atoms with van der Waals surface area (Å²) < 4.78 is 10.5. The van der Waals surface area contributed by atoms with E-state index >= 15 is 0 Å². The summed E-state index contributed by atoms with van der Waals surface area (Å²) in [5.74, 6) is 0.826. The van der Waals surface area contributed by atoms with Crippen molar-refractivity contribution in [1.29, 1.82) is 0 Å². The number of rotatable bonds is 7. The summed E-state index contributed by atoms with van der Waals surface area (Å²) in [5.41, 5.74) is 1.17. The topological polar surface area (TPSA) is 73.3 Å². The van der Waals surface area contributed by atoms with Gasteiger partial charge in [-0.05, 0) is 23.6 Å². The maximum Gasteiger partial charge on any atom is 0.264 e. The third-order valence-corrected chi connectivity index (χ3v) is 3.69. The highest BCUT2D eigenvalue weighted by Gasteiger charge is 2.09. The number of anilines is 1. The second-order valence-electron chi connectivity index (χ2n) is 5.00. The van der Waals surface area contributed by atoms with E-state index in [1.165, 1.54) is 16.9 Å². The average Bonchev–Trinajstić information content (AvgIpc) is 2.93. The normalized spacial score (nSPS) is 10.7. The fraction of sp³-hybridized carbons (Fsp3) is 0.400. The molecule has 0 radical (unpaired) electrons. The highest BCUT2D eigenvalue weighted by Crippen LogP contribution is 2.20. The van der Waals surface area contributed by atoms with E-state index in [1.54, 1.807) is 7.11 Å². The fourth-order valence-electron chi connectivity index (χ4n) is 1.75. The summed E-state index contributed by atoms with van der Waals surface area (Å²) in [6, 6.07) is 7.74. The molecule has 0 aliphatic rings. The highest BCUT2D eigenvalue weighted by atomic mass is 32.1. The van der Waals surface area contributed by atoms with Crippen LogP contribution >= 0.6 is 11.3 Å². The number of carbonyl (C=O) groups is 1. The van der Waals surface area contributed by atoms with Crippen LogP contribution in [0.3, 0.4) is 0 Å². The number of methoxy groups -OCH3 is 1. The van der Waals surface area contributed by atoms with Crippen LogP contribution < -0.4 is 10.1 Å². The zero-order valence-electron chi connectivity index (χ0n) is 12.8. The molecule has 6 nitrogen and oxygen atoms in total. The van der Waals surface area contributed by atoms with Crippen molar-refractivity contribution < 1.29 is 14.3 Å². The Morgan fingerprint density at radius 3 is 2.91 bits per heavy atom. The van der Waals surface area contributed by atoms with Crippen LogP contribution in [0.5, 0.6) is 5.75 Å². The van der Waals surface area contributed by atoms with Gasteiger partial charge in [0.1, 0.15) is 17.4 Å². The minimum atomic E-state index is -0.268. The van der Waals surface area contributed by atoms with Gasteiger partial charge in [0, 0.05) is 7.11 Å². The number of amides is 1. The summed E-state index contributed by atoms with van der Waals surface area (Å²) in [6.07, 6.45) is 0. The lowest BCUT2D eigenvalue weighted by molar-refractivity contribution is -0.118. The highest BCUT2D eigenvalue weighted by molar-refractivity contribution is 7.15. The molecule has 1 aromatic heterocycles. The molecule has 0 aliphatic carbocycles. The van der Waals surface area contributed by atoms with Gasteiger partial charge >= 0.3 is 0 Å². The van der Waals surface area contributed by atoms with E-state index in [4.69, 9.17) is 9.47 Å². The van der Waals surface area contributed by atoms with E-state index in [1.807, 2.05) is 24.3 Å². The van der Waals surface area contributed by atoms with E-state index in [9.17, 15) is 4.79 Å². The molecule has 0 aliphatic heterocycles. The van der Waals surface area contributed by atoms with Gasteiger partial charge < -0.3 is 9.47 Å². The molecule has 0 bridgehead atoms. The molecule has 0 spiro atoms. The van der Waals surface area contributed by atoms with Gasteiger partial charge in [-0.15, -0.1) is 10.2 Å². The third-order valence-electron chi connectivity index (χ3n) is 2.88. The second-order valence-corrected chi connectivity index (χ2v) is 6.06. The number of nitrogens with zero attached hydrogens (tertiary/aromatic N) is 2. The first-order chi connectivity index (χ1) is 10.6. The first kappa shape index (κ1) is 16.4. The van der Waals surface area contributed by atoms with Crippen LogP contribution in [0.2, 0.25) is 0 Å². The van der Waals surface area contributed by atoms with Crippen molar-refractivity contribution in [2.24, 2.45) is 0 Å². The van der Waals surface area contributed by atoms with Crippen molar-refractivity contribution in [2.75, 3.05) is 19.0 Å². The van der Waals surface area contributed by atoms with Crippen LogP contribution in [0.15, 0.2) is 24.3 Å². The molecule has 22 heavy (non-hydrogen) atoms. The molecule has 1 aromatic carbocycles. The van der Waals surface area contributed by atoms with Gasteiger partial charge in [-0.2, -0.15) is 0 Å². The quantitative estimate of drug-likeness (QED) is 0.849. The summed E-state index contributed by atoms with van der Waals surface area (Å²) in [5, 5.41) is 11.6. The van der Waals surface area contributed by atoms with Gasteiger partial charge in [-0.25, -0.2) is 0 Å². The summed E-state index contributed by atoms with van der Waals surface area (Å²) in [4.78, 5) is 11.8. The van der Waals surface area contributed by atoms with Crippen LogP contribution in [0, 0.1) is 0 Å². The Bertz CT molecular complexity index is 628. The second kappa shape index (κ2) is 7.86. The van der Waals surface area contributed by atoms with Crippen LogP contribution in [0.1, 0.15) is 30.3 Å². The first-order valence-corrected chi connectivity index (χ1v) is 7.74. The van der Waals surface area contributed by atoms with Crippen LogP contribution in [-0.2, 0) is 16.1 Å². The molecular weight excluding hydrogens is 302 g/mol. The van der Waals surface area contributed by atoms with Crippen molar-refractivity contribution in [3.63, 3.8) is 0 Å².